The van der Waals surface area contributed by atoms with E-state index in [1.165, 1.54) is 17.3 Å². The number of sulfone groups is 1. The Morgan fingerprint density at radius 1 is 1.24 bits per heavy atom. The molecule has 1 saturated heterocycles. The number of benzene rings is 1. The molecule has 0 spiro atoms. The Morgan fingerprint density at radius 3 is 2.60 bits per heavy atom. The molecule has 1 aliphatic rings. The number of para-hydroxylation sites is 1. The number of aryl methyl sites for hydroxylation is 1. The van der Waals surface area contributed by atoms with Crippen LogP contribution in [-0.2, 0) is 9.84 Å². The van der Waals surface area contributed by atoms with Crippen molar-refractivity contribution in [1.29, 1.82) is 0 Å². The molecular formula is C17H20N4O3S. The number of carbonyl (C=O) groups is 1. The van der Waals surface area contributed by atoms with E-state index in [0.717, 1.165) is 11.3 Å². The number of amides is 1. The highest BCUT2D eigenvalue weighted by Gasteiger charge is 2.33. The van der Waals surface area contributed by atoms with E-state index in [-0.39, 0.29) is 29.1 Å². The molecule has 1 amide bonds. The first kappa shape index (κ1) is 17.3. The minimum Gasteiger partial charge on any atom is -0.339 e. The smallest absolute Gasteiger partial charge is 0.274 e. The molecule has 0 bridgehead atoms. The summed E-state index contributed by atoms with van der Waals surface area (Å²) in [6.07, 6.45) is 3.37. The lowest BCUT2D eigenvalue weighted by Crippen LogP contribution is -2.38. The molecular weight excluding hydrogens is 340 g/mol. The average molecular weight is 360 g/mol. The van der Waals surface area contributed by atoms with Crippen LogP contribution in [0.1, 0.15) is 22.5 Å². The van der Waals surface area contributed by atoms with E-state index in [4.69, 9.17) is 0 Å². The number of rotatable bonds is 4. The van der Waals surface area contributed by atoms with E-state index in [1.54, 1.807) is 7.05 Å². The molecule has 0 aliphatic carbocycles. The Hall–Kier alpha value is -2.48. The Morgan fingerprint density at radius 2 is 2.00 bits per heavy atom. The number of anilines is 2. The van der Waals surface area contributed by atoms with Gasteiger partial charge in [-0.15, -0.1) is 0 Å². The first-order valence-electron chi connectivity index (χ1n) is 7.98. The molecule has 132 valence electrons. The van der Waals surface area contributed by atoms with Gasteiger partial charge in [-0.25, -0.2) is 18.4 Å². The monoisotopic (exact) mass is 360 g/mol. The van der Waals surface area contributed by atoms with Crippen LogP contribution in [0.25, 0.3) is 0 Å². The van der Waals surface area contributed by atoms with Gasteiger partial charge in [0.25, 0.3) is 5.91 Å². The Kier molecular flexibility index (Phi) is 4.71. The summed E-state index contributed by atoms with van der Waals surface area (Å²) in [6, 6.07) is 7.49. The van der Waals surface area contributed by atoms with Crippen LogP contribution in [-0.4, -0.2) is 53.8 Å². The van der Waals surface area contributed by atoms with Crippen molar-refractivity contribution < 1.29 is 13.2 Å². The third kappa shape index (κ3) is 3.96. The van der Waals surface area contributed by atoms with Crippen LogP contribution in [0, 0.1) is 6.92 Å². The van der Waals surface area contributed by atoms with Gasteiger partial charge in [0.15, 0.2) is 9.84 Å². The zero-order valence-corrected chi connectivity index (χ0v) is 15.0. The Balaban J connectivity index is 1.69. The average Bonchev–Trinajstić information content (AvgIpc) is 2.96. The van der Waals surface area contributed by atoms with E-state index in [0.29, 0.717) is 12.2 Å². The van der Waals surface area contributed by atoms with Gasteiger partial charge in [-0.1, -0.05) is 18.2 Å². The van der Waals surface area contributed by atoms with Crippen molar-refractivity contribution in [3.05, 3.63) is 47.9 Å². The largest absolute Gasteiger partial charge is 0.339 e. The van der Waals surface area contributed by atoms with E-state index >= 15 is 0 Å². The van der Waals surface area contributed by atoms with Gasteiger partial charge in [-0.05, 0) is 25.0 Å². The molecule has 8 heteroatoms. The van der Waals surface area contributed by atoms with Crippen molar-refractivity contribution in [3.8, 4) is 0 Å². The number of aromatic nitrogens is 2. The highest BCUT2D eigenvalue weighted by atomic mass is 32.2. The topological polar surface area (TPSA) is 92.3 Å². The van der Waals surface area contributed by atoms with Crippen molar-refractivity contribution >= 4 is 27.2 Å². The van der Waals surface area contributed by atoms with Gasteiger partial charge >= 0.3 is 0 Å². The van der Waals surface area contributed by atoms with Crippen LogP contribution >= 0.6 is 0 Å². The molecule has 1 aliphatic heterocycles. The molecule has 1 aromatic heterocycles. The number of hydrogen-bond acceptors (Lipinski definition) is 6. The van der Waals surface area contributed by atoms with Crippen LogP contribution < -0.4 is 5.32 Å². The molecule has 0 radical (unpaired) electrons. The van der Waals surface area contributed by atoms with Crippen LogP contribution in [0.3, 0.4) is 0 Å². The first-order valence-corrected chi connectivity index (χ1v) is 9.80. The lowest BCUT2D eigenvalue weighted by molar-refractivity contribution is 0.0741. The molecule has 25 heavy (non-hydrogen) atoms. The molecule has 1 unspecified atom stereocenters. The minimum absolute atomic E-state index is 0.00952. The molecule has 2 heterocycles. The standard InChI is InChI=1S/C17H20N4O3S/c1-12-5-3-4-6-14(12)20-16-10-18-15(9-19-16)17(22)21(2)13-7-8-25(23,24)11-13/h3-6,9-10,13H,7-8,11H2,1-2H3,(H,19,20). The van der Waals surface area contributed by atoms with Crippen LogP contribution in [0.15, 0.2) is 36.7 Å². The van der Waals surface area contributed by atoms with Crippen LogP contribution in [0.2, 0.25) is 0 Å². The van der Waals surface area contributed by atoms with Crippen molar-refractivity contribution in [2.45, 2.75) is 19.4 Å². The lowest BCUT2D eigenvalue weighted by atomic mass is 10.2. The fourth-order valence-electron chi connectivity index (χ4n) is 2.78. The summed E-state index contributed by atoms with van der Waals surface area (Å²) >= 11 is 0. The van der Waals surface area contributed by atoms with Gasteiger partial charge in [0, 0.05) is 18.8 Å². The van der Waals surface area contributed by atoms with Crippen molar-refractivity contribution in [2.24, 2.45) is 0 Å². The second-order valence-electron chi connectivity index (χ2n) is 6.20. The second kappa shape index (κ2) is 6.79. The van der Waals surface area contributed by atoms with E-state index in [9.17, 15) is 13.2 Å². The van der Waals surface area contributed by atoms with Gasteiger partial charge in [0.05, 0.1) is 23.9 Å². The van der Waals surface area contributed by atoms with Crippen molar-refractivity contribution in [3.63, 3.8) is 0 Å². The van der Waals surface area contributed by atoms with Gasteiger partial charge < -0.3 is 10.2 Å². The summed E-state index contributed by atoms with van der Waals surface area (Å²) in [7, 11) is -1.44. The summed E-state index contributed by atoms with van der Waals surface area (Å²) < 4.78 is 23.2. The maximum atomic E-state index is 12.5. The highest BCUT2D eigenvalue weighted by molar-refractivity contribution is 7.91. The van der Waals surface area contributed by atoms with Gasteiger partial charge in [0.2, 0.25) is 0 Å². The van der Waals surface area contributed by atoms with Crippen LogP contribution in [0.5, 0.6) is 0 Å². The third-order valence-corrected chi connectivity index (χ3v) is 6.11. The van der Waals surface area contributed by atoms with E-state index in [1.807, 2.05) is 31.2 Å². The maximum absolute atomic E-state index is 12.5. The summed E-state index contributed by atoms with van der Waals surface area (Å²) in [5.41, 5.74) is 2.19. The van der Waals surface area contributed by atoms with Crippen LogP contribution in [0.4, 0.5) is 11.5 Å². The van der Waals surface area contributed by atoms with E-state index < -0.39 is 9.84 Å². The van der Waals surface area contributed by atoms with Crippen molar-refractivity contribution in [1.82, 2.24) is 14.9 Å². The number of hydrogen-bond donors (Lipinski definition) is 1. The van der Waals surface area contributed by atoms with Gasteiger partial charge in [0.1, 0.15) is 11.5 Å². The SMILES string of the molecule is Cc1ccccc1Nc1cnc(C(=O)N(C)C2CCS(=O)(=O)C2)cn1. The molecule has 0 saturated carbocycles. The molecule has 3 rings (SSSR count). The maximum Gasteiger partial charge on any atom is 0.274 e. The number of nitrogens with zero attached hydrogens (tertiary/aromatic N) is 3. The van der Waals surface area contributed by atoms with E-state index in [2.05, 4.69) is 15.3 Å². The predicted octanol–water partition coefficient (Wildman–Crippen LogP) is 1.79. The molecule has 1 atom stereocenters. The van der Waals surface area contributed by atoms with Gasteiger partial charge in [-0.3, -0.25) is 4.79 Å². The second-order valence-corrected chi connectivity index (χ2v) is 8.43. The summed E-state index contributed by atoms with van der Waals surface area (Å²) in [4.78, 5) is 22.3. The lowest BCUT2D eigenvalue weighted by Gasteiger charge is -2.22. The summed E-state index contributed by atoms with van der Waals surface area (Å²) in [5.74, 6) is 0.351. The molecule has 7 nitrogen and oxygen atoms in total. The summed E-state index contributed by atoms with van der Waals surface area (Å²) in [6.45, 7) is 1.98. The fraction of sp³-hybridized carbons (Fsp3) is 0.353. The third-order valence-electron chi connectivity index (χ3n) is 4.36. The zero-order valence-electron chi connectivity index (χ0n) is 14.1. The molecule has 1 N–H and O–H groups in total. The van der Waals surface area contributed by atoms with Gasteiger partial charge in [-0.2, -0.15) is 0 Å². The Labute approximate surface area is 147 Å². The fourth-order valence-corrected chi connectivity index (χ4v) is 4.56. The van der Waals surface area contributed by atoms with Crippen molar-refractivity contribution in [2.75, 3.05) is 23.9 Å². The highest BCUT2D eigenvalue weighted by Crippen LogP contribution is 2.20. The zero-order chi connectivity index (χ0) is 18.0. The molecule has 2 aromatic rings. The molecule has 1 fully saturated rings. The first-order chi connectivity index (χ1) is 11.9. The minimum atomic E-state index is -3.04. The Bertz CT molecular complexity index is 881. The quantitative estimate of drug-likeness (QED) is 0.894. The number of carbonyl (C=O) groups excluding carboxylic acids is 1. The molecule has 1 aromatic carbocycles. The summed E-state index contributed by atoms with van der Waals surface area (Å²) in [5, 5.41) is 3.16. The normalized spacial score (nSPS) is 18.7. The number of nitrogens with one attached hydrogen (secondary N) is 1. The predicted molar refractivity (Wildman–Crippen MR) is 95.6 cm³/mol.